The maximum absolute atomic E-state index is 12.4. The summed E-state index contributed by atoms with van der Waals surface area (Å²) in [5.41, 5.74) is -3.52. The summed E-state index contributed by atoms with van der Waals surface area (Å²) in [6.45, 7) is 3.96. The Balaban J connectivity index is 2.43. The summed E-state index contributed by atoms with van der Waals surface area (Å²) in [7, 11) is -5.66. The molecule has 0 aromatic heterocycles. The van der Waals surface area contributed by atoms with E-state index >= 15 is 0 Å². The van der Waals surface area contributed by atoms with Gasteiger partial charge in [-0.2, -0.15) is 21.6 Å². The average molecular weight is 318 g/mol. The molecule has 0 bridgehead atoms. The van der Waals surface area contributed by atoms with E-state index in [1.807, 2.05) is 19.9 Å². The first-order valence-electron chi connectivity index (χ1n) is 6.15. The highest BCUT2D eigenvalue weighted by Gasteiger charge is 2.48. The summed E-state index contributed by atoms with van der Waals surface area (Å²) in [5.74, 6) is -0.0907. The summed E-state index contributed by atoms with van der Waals surface area (Å²) in [6, 6.07) is 9.56. The lowest BCUT2D eigenvalue weighted by Gasteiger charge is -2.09. The molecule has 0 aromatic carbocycles. The molecular formula is C14H13F3O3S. The Morgan fingerprint density at radius 1 is 1.10 bits per heavy atom. The van der Waals surface area contributed by atoms with Crippen molar-refractivity contribution in [3.8, 4) is 16.9 Å². The maximum atomic E-state index is 12.4. The molecule has 0 N–H and O–H groups in total. The van der Waals surface area contributed by atoms with Crippen LogP contribution in [-0.4, -0.2) is 13.9 Å². The van der Waals surface area contributed by atoms with E-state index in [4.69, 9.17) is 0 Å². The lowest BCUT2D eigenvalue weighted by molar-refractivity contribution is -0.0499. The zero-order chi connectivity index (χ0) is 15.8. The number of hydrogen-bond acceptors (Lipinski definition) is 3. The number of alkyl halides is 3. The van der Waals surface area contributed by atoms with Crippen LogP contribution in [0.4, 0.5) is 13.2 Å². The second-order valence-corrected chi connectivity index (χ2v) is 6.41. The first kappa shape index (κ1) is 15.6. The summed E-state index contributed by atoms with van der Waals surface area (Å²) < 4.78 is 63.4. The molecule has 0 unspecified atom stereocenters. The van der Waals surface area contributed by atoms with Gasteiger partial charge in [0.1, 0.15) is 0 Å². The third kappa shape index (κ3) is 3.12. The van der Waals surface area contributed by atoms with Crippen molar-refractivity contribution in [2.45, 2.75) is 25.3 Å². The molecule has 0 saturated heterocycles. The Morgan fingerprint density at radius 3 is 2.33 bits per heavy atom. The van der Waals surface area contributed by atoms with Crippen LogP contribution in [0.25, 0.3) is 11.1 Å². The lowest BCUT2D eigenvalue weighted by atomic mass is 10.0. The third-order valence-electron chi connectivity index (χ3n) is 3.01. The molecule has 7 heteroatoms. The molecule has 0 saturated carbocycles. The van der Waals surface area contributed by atoms with Crippen molar-refractivity contribution in [2.75, 3.05) is 0 Å². The average Bonchev–Trinajstić information content (AvgIpc) is 2.59. The van der Waals surface area contributed by atoms with Gasteiger partial charge in [-0.3, -0.25) is 0 Å². The molecule has 0 aliphatic heterocycles. The second kappa shape index (κ2) is 5.22. The molecule has 0 aromatic rings. The van der Waals surface area contributed by atoms with E-state index in [1.165, 1.54) is 18.2 Å². The first-order valence-corrected chi connectivity index (χ1v) is 7.56. The summed E-state index contributed by atoms with van der Waals surface area (Å²) in [5, 5.41) is 0. The monoisotopic (exact) mass is 318 g/mol. The van der Waals surface area contributed by atoms with Crippen molar-refractivity contribution in [1.82, 2.24) is 0 Å². The van der Waals surface area contributed by atoms with Crippen LogP contribution in [0.2, 0.25) is 0 Å². The molecule has 2 aliphatic rings. The highest BCUT2D eigenvalue weighted by Crippen LogP contribution is 2.37. The largest absolute Gasteiger partial charge is 0.534 e. The van der Waals surface area contributed by atoms with E-state index in [1.54, 1.807) is 12.1 Å². The SMILES string of the molecule is CC(C)c1cccc2c(OS(=O)(=O)C(F)(F)F)ccc-2c1. The van der Waals surface area contributed by atoms with Gasteiger partial charge in [-0.15, -0.1) is 0 Å². The van der Waals surface area contributed by atoms with Crippen molar-refractivity contribution in [3.63, 3.8) is 0 Å². The standard InChI is InChI=1S/C14H13F3O3S/c1-9(2)10-4-3-5-12-11(8-10)6-7-13(12)20-21(18,19)14(15,16)17/h3-9H,1-2H3. The van der Waals surface area contributed by atoms with Crippen LogP contribution in [0.5, 0.6) is 5.75 Å². The van der Waals surface area contributed by atoms with Crippen LogP contribution in [0, 0.1) is 0 Å². The van der Waals surface area contributed by atoms with Crippen LogP contribution in [-0.2, 0) is 10.1 Å². The van der Waals surface area contributed by atoms with Gasteiger partial charge in [-0.1, -0.05) is 44.2 Å². The minimum absolute atomic E-state index is 0.235. The van der Waals surface area contributed by atoms with Gasteiger partial charge in [0.2, 0.25) is 0 Å². The van der Waals surface area contributed by atoms with Crippen molar-refractivity contribution in [1.29, 1.82) is 0 Å². The van der Waals surface area contributed by atoms with Crippen LogP contribution >= 0.6 is 0 Å². The highest BCUT2D eigenvalue weighted by atomic mass is 32.2. The van der Waals surface area contributed by atoms with Crippen LogP contribution in [0.3, 0.4) is 0 Å². The fourth-order valence-electron chi connectivity index (χ4n) is 1.87. The predicted octanol–water partition coefficient (Wildman–Crippen LogP) is 4.14. The van der Waals surface area contributed by atoms with Crippen LogP contribution in [0.15, 0.2) is 36.4 Å². The first-order chi connectivity index (χ1) is 9.62. The molecule has 0 radical (unpaired) electrons. The molecule has 0 spiro atoms. The van der Waals surface area contributed by atoms with Gasteiger partial charge in [0.05, 0.1) is 0 Å². The summed E-state index contributed by atoms with van der Waals surface area (Å²) in [4.78, 5) is 0. The van der Waals surface area contributed by atoms with Gasteiger partial charge in [0.25, 0.3) is 0 Å². The Hall–Kier alpha value is -1.76. The summed E-state index contributed by atoms with van der Waals surface area (Å²) in [6.07, 6.45) is 0. The zero-order valence-electron chi connectivity index (χ0n) is 11.3. The molecule has 0 amide bonds. The molecule has 114 valence electrons. The summed E-state index contributed by atoms with van der Waals surface area (Å²) >= 11 is 0. The molecule has 0 fully saturated rings. The van der Waals surface area contributed by atoms with Gasteiger partial charge in [-0.25, -0.2) is 0 Å². The van der Waals surface area contributed by atoms with E-state index < -0.39 is 15.6 Å². The fourth-order valence-corrected chi connectivity index (χ4v) is 2.35. The van der Waals surface area contributed by atoms with E-state index in [0.29, 0.717) is 11.1 Å². The van der Waals surface area contributed by atoms with Gasteiger partial charge in [0, 0.05) is 5.56 Å². The topological polar surface area (TPSA) is 43.4 Å². The zero-order valence-corrected chi connectivity index (χ0v) is 12.1. The number of halogens is 3. The lowest BCUT2D eigenvalue weighted by Crippen LogP contribution is -2.28. The van der Waals surface area contributed by atoms with E-state index in [-0.39, 0.29) is 11.7 Å². The van der Waals surface area contributed by atoms with Gasteiger partial charge < -0.3 is 4.18 Å². The van der Waals surface area contributed by atoms with Crippen molar-refractivity contribution >= 4 is 10.1 Å². The van der Waals surface area contributed by atoms with Crippen molar-refractivity contribution in [2.24, 2.45) is 0 Å². The number of hydrogen-bond donors (Lipinski definition) is 0. The third-order valence-corrected chi connectivity index (χ3v) is 3.98. The van der Waals surface area contributed by atoms with E-state index in [9.17, 15) is 21.6 Å². The Morgan fingerprint density at radius 2 is 1.76 bits per heavy atom. The molecule has 2 aliphatic carbocycles. The number of rotatable bonds is 3. The Kier molecular flexibility index (Phi) is 3.88. The normalized spacial score (nSPS) is 12.9. The van der Waals surface area contributed by atoms with Crippen molar-refractivity contribution < 1.29 is 25.8 Å². The predicted molar refractivity (Wildman–Crippen MR) is 72.8 cm³/mol. The van der Waals surface area contributed by atoms with Crippen LogP contribution < -0.4 is 4.18 Å². The Labute approximate surface area is 120 Å². The molecular weight excluding hydrogens is 305 g/mol. The molecule has 3 nitrogen and oxygen atoms in total. The minimum Gasteiger partial charge on any atom is -0.375 e. The smallest absolute Gasteiger partial charge is 0.375 e. The molecule has 2 rings (SSSR count). The molecule has 21 heavy (non-hydrogen) atoms. The second-order valence-electron chi connectivity index (χ2n) is 4.87. The number of fused-ring (bicyclic) bond motifs is 1. The van der Waals surface area contributed by atoms with Crippen molar-refractivity contribution in [3.05, 3.63) is 42.0 Å². The quantitative estimate of drug-likeness (QED) is 0.631. The Bertz CT molecular complexity index is 721. The maximum Gasteiger partial charge on any atom is 0.534 e. The van der Waals surface area contributed by atoms with E-state index in [2.05, 4.69) is 4.18 Å². The van der Waals surface area contributed by atoms with Gasteiger partial charge in [-0.05, 0) is 23.1 Å². The van der Waals surface area contributed by atoms with Crippen LogP contribution in [0.1, 0.15) is 25.3 Å². The minimum atomic E-state index is -5.66. The fraction of sp³-hybridized carbons (Fsp3) is 0.286. The molecule has 0 heterocycles. The van der Waals surface area contributed by atoms with E-state index in [0.717, 1.165) is 5.56 Å². The van der Waals surface area contributed by atoms with Gasteiger partial charge in [0.15, 0.2) is 5.75 Å². The highest BCUT2D eigenvalue weighted by molar-refractivity contribution is 7.88. The molecule has 0 atom stereocenters. The van der Waals surface area contributed by atoms with Gasteiger partial charge >= 0.3 is 15.6 Å².